The van der Waals surface area contributed by atoms with Crippen LogP contribution in [-0.2, 0) is 4.79 Å². The van der Waals surface area contributed by atoms with Crippen LogP contribution in [0.3, 0.4) is 0 Å². The molecule has 3 N–H and O–H groups in total. The van der Waals surface area contributed by atoms with Crippen molar-refractivity contribution in [2.24, 2.45) is 5.73 Å². The SMILES string of the molecule is CC(N)CC(=O)Nc1ccc(F)c(C(=O)N(C)C)c1. The number of carbonyl (C=O) groups is 2. The molecule has 19 heavy (non-hydrogen) atoms. The number of benzene rings is 1. The Hall–Kier alpha value is -1.95. The third-order valence-corrected chi connectivity index (χ3v) is 2.39. The molecule has 0 spiro atoms. The van der Waals surface area contributed by atoms with Gasteiger partial charge in [0.1, 0.15) is 5.82 Å². The molecule has 0 aliphatic heterocycles. The molecular weight excluding hydrogens is 249 g/mol. The van der Waals surface area contributed by atoms with Crippen LogP contribution in [0.5, 0.6) is 0 Å². The standard InChI is InChI=1S/C13H18FN3O2/c1-8(15)6-12(18)16-9-4-5-11(14)10(7-9)13(19)17(2)3/h4-5,7-8H,6,15H2,1-3H3,(H,16,18). The van der Waals surface area contributed by atoms with Gasteiger partial charge in [-0.3, -0.25) is 9.59 Å². The zero-order valence-corrected chi connectivity index (χ0v) is 11.2. The van der Waals surface area contributed by atoms with Crippen molar-refractivity contribution in [1.29, 1.82) is 0 Å². The smallest absolute Gasteiger partial charge is 0.256 e. The van der Waals surface area contributed by atoms with Crippen LogP contribution in [0.15, 0.2) is 18.2 Å². The predicted molar refractivity (Wildman–Crippen MR) is 71.3 cm³/mol. The summed E-state index contributed by atoms with van der Waals surface area (Å²) in [5.74, 6) is -1.35. The fourth-order valence-electron chi connectivity index (χ4n) is 1.51. The van der Waals surface area contributed by atoms with E-state index in [1.54, 1.807) is 6.92 Å². The van der Waals surface area contributed by atoms with Gasteiger partial charge in [-0.1, -0.05) is 0 Å². The Morgan fingerprint density at radius 2 is 2.05 bits per heavy atom. The highest BCUT2D eigenvalue weighted by Crippen LogP contribution is 2.16. The number of carbonyl (C=O) groups excluding carboxylic acids is 2. The first-order chi connectivity index (χ1) is 8.81. The summed E-state index contributed by atoms with van der Waals surface area (Å²) in [6.45, 7) is 1.71. The van der Waals surface area contributed by atoms with Gasteiger partial charge < -0.3 is 16.0 Å². The van der Waals surface area contributed by atoms with Crippen LogP contribution in [0.25, 0.3) is 0 Å². The van der Waals surface area contributed by atoms with Crippen LogP contribution in [0, 0.1) is 5.82 Å². The van der Waals surface area contributed by atoms with Gasteiger partial charge in [-0.05, 0) is 25.1 Å². The van der Waals surface area contributed by atoms with Gasteiger partial charge in [0.05, 0.1) is 5.56 Å². The minimum Gasteiger partial charge on any atom is -0.345 e. The maximum Gasteiger partial charge on any atom is 0.256 e. The molecular formula is C13H18FN3O2. The molecule has 0 bridgehead atoms. The van der Waals surface area contributed by atoms with Crippen molar-refractivity contribution in [2.75, 3.05) is 19.4 Å². The molecule has 1 unspecified atom stereocenters. The molecule has 5 nitrogen and oxygen atoms in total. The van der Waals surface area contributed by atoms with Gasteiger partial charge in [-0.15, -0.1) is 0 Å². The number of rotatable bonds is 4. The quantitative estimate of drug-likeness (QED) is 0.860. The summed E-state index contributed by atoms with van der Waals surface area (Å²) in [4.78, 5) is 24.5. The Morgan fingerprint density at radius 3 is 2.58 bits per heavy atom. The second-order valence-electron chi connectivity index (χ2n) is 4.62. The fraction of sp³-hybridized carbons (Fsp3) is 0.385. The van der Waals surface area contributed by atoms with E-state index in [1.165, 1.54) is 31.1 Å². The van der Waals surface area contributed by atoms with Gasteiger partial charge in [0.15, 0.2) is 0 Å². The highest BCUT2D eigenvalue weighted by molar-refractivity contribution is 5.97. The van der Waals surface area contributed by atoms with Crippen LogP contribution in [0.2, 0.25) is 0 Å². The molecule has 1 rings (SSSR count). The van der Waals surface area contributed by atoms with Crippen LogP contribution in [0.4, 0.5) is 10.1 Å². The van der Waals surface area contributed by atoms with Gasteiger partial charge in [-0.25, -0.2) is 4.39 Å². The van der Waals surface area contributed by atoms with Crippen molar-refractivity contribution in [2.45, 2.75) is 19.4 Å². The zero-order valence-electron chi connectivity index (χ0n) is 11.2. The second kappa shape index (κ2) is 6.29. The maximum atomic E-state index is 13.5. The van der Waals surface area contributed by atoms with Crippen molar-refractivity contribution >= 4 is 17.5 Å². The Morgan fingerprint density at radius 1 is 1.42 bits per heavy atom. The molecule has 0 aliphatic carbocycles. The van der Waals surface area contributed by atoms with E-state index in [0.29, 0.717) is 5.69 Å². The first kappa shape index (κ1) is 15.1. The molecule has 0 fully saturated rings. The summed E-state index contributed by atoms with van der Waals surface area (Å²) in [6.07, 6.45) is 0.161. The fourth-order valence-corrected chi connectivity index (χ4v) is 1.51. The summed E-state index contributed by atoms with van der Waals surface area (Å²) >= 11 is 0. The minimum atomic E-state index is -0.621. The molecule has 6 heteroatoms. The number of hydrogen-bond acceptors (Lipinski definition) is 3. The van der Waals surface area contributed by atoms with Crippen LogP contribution in [0.1, 0.15) is 23.7 Å². The molecule has 104 valence electrons. The van der Waals surface area contributed by atoms with Crippen molar-refractivity contribution in [3.63, 3.8) is 0 Å². The number of nitrogens with one attached hydrogen (secondary N) is 1. The summed E-state index contributed by atoms with van der Waals surface area (Å²) in [5, 5.41) is 2.58. The lowest BCUT2D eigenvalue weighted by atomic mass is 10.1. The van der Waals surface area contributed by atoms with Gasteiger partial charge in [0.25, 0.3) is 5.91 Å². The summed E-state index contributed by atoms with van der Waals surface area (Å²) in [7, 11) is 3.06. The lowest BCUT2D eigenvalue weighted by molar-refractivity contribution is -0.116. The number of halogens is 1. The topological polar surface area (TPSA) is 75.4 Å². The highest BCUT2D eigenvalue weighted by atomic mass is 19.1. The van der Waals surface area contributed by atoms with Crippen LogP contribution >= 0.6 is 0 Å². The van der Waals surface area contributed by atoms with E-state index in [1.807, 2.05) is 0 Å². The van der Waals surface area contributed by atoms with E-state index in [-0.39, 0.29) is 23.9 Å². The van der Waals surface area contributed by atoms with Crippen LogP contribution in [-0.4, -0.2) is 36.9 Å². The minimum absolute atomic E-state index is 0.0800. The van der Waals surface area contributed by atoms with Gasteiger partial charge in [0.2, 0.25) is 5.91 Å². The number of nitrogens with zero attached hydrogens (tertiary/aromatic N) is 1. The van der Waals surface area contributed by atoms with Crippen molar-refractivity contribution in [3.8, 4) is 0 Å². The Balaban J connectivity index is 2.90. The highest BCUT2D eigenvalue weighted by Gasteiger charge is 2.15. The monoisotopic (exact) mass is 267 g/mol. The van der Waals surface area contributed by atoms with Crippen molar-refractivity contribution in [3.05, 3.63) is 29.6 Å². The van der Waals surface area contributed by atoms with E-state index in [0.717, 1.165) is 6.07 Å². The van der Waals surface area contributed by atoms with E-state index < -0.39 is 11.7 Å². The molecule has 2 amide bonds. The number of hydrogen-bond donors (Lipinski definition) is 2. The summed E-state index contributed by atoms with van der Waals surface area (Å²) in [6, 6.07) is 3.61. The molecule has 0 aliphatic rings. The largest absolute Gasteiger partial charge is 0.345 e. The predicted octanol–water partition coefficient (Wildman–Crippen LogP) is 1.20. The van der Waals surface area contributed by atoms with Gasteiger partial charge in [0, 0.05) is 32.2 Å². The second-order valence-corrected chi connectivity index (χ2v) is 4.62. The van der Waals surface area contributed by atoms with Crippen molar-refractivity contribution in [1.82, 2.24) is 4.90 Å². The van der Waals surface area contributed by atoms with E-state index >= 15 is 0 Å². The molecule has 0 aromatic heterocycles. The molecule has 0 saturated heterocycles. The lowest BCUT2D eigenvalue weighted by Crippen LogP contribution is -2.25. The third kappa shape index (κ3) is 4.33. The molecule has 0 radical (unpaired) electrons. The molecule has 1 atom stereocenters. The Kier molecular flexibility index (Phi) is 5.00. The van der Waals surface area contributed by atoms with Gasteiger partial charge in [-0.2, -0.15) is 0 Å². The normalized spacial score (nSPS) is 11.8. The summed E-state index contributed by atoms with van der Waals surface area (Å²) < 4.78 is 13.5. The summed E-state index contributed by atoms with van der Waals surface area (Å²) in [5.41, 5.74) is 5.80. The maximum absolute atomic E-state index is 13.5. The average molecular weight is 267 g/mol. The lowest BCUT2D eigenvalue weighted by Gasteiger charge is -2.13. The van der Waals surface area contributed by atoms with E-state index in [9.17, 15) is 14.0 Å². The average Bonchev–Trinajstić information content (AvgIpc) is 2.29. The molecule has 0 saturated carbocycles. The van der Waals surface area contributed by atoms with E-state index in [2.05, 4.69) is 5.32 Å². The van der Waals surface area contributed by atoms with Crippen molar-refractivity contribution < 1.29 is 14.0 Å². The molecule has 0 heterocycles. The first-order valence-electron chi connectivity index (χ1n) is 5.88. The third-order valence-electron chi connectivity index (χ3n) is 2.39. The molecule has 1 aromatic rings. The molecule has 1 aromatic carbocycles. The Bertz CT molecular complexity index is 487. The number of amides is 2. The number of nitrogens with two attached hydrogens (primary N) is 1. The van der Waals surface area contributed by atoms with Gasteiger partial charge >= 0.3 is 0 Å². The zero-order chi connectivity index (χ0) is 14.6. The number of anilines is 1. The van der Waals surface area contributed by atoms with Crippen LogP contribution < -0.4 is 11.1 Å². The first-order valence-corrected chi connectivity index (χ1v) is 5.88. The Labute approximate surface area is 111 Å². The van der Waals surface area contributed by atoms with E-state index in [4.69, 9.17) is 5.73 Å².